The van der Waals surface area contributed by atoms with Crippen molar-refractivity contribution in [2.24, 2.45) is 0 Å². The van der Waals surface area contributed by atoms with E-state index >= 15 is 0 Å². The molecule has 0 aliphatic carbocycles. The smallest absolute Gasteiger partial charge is 0.268 e. The summed E-state index contributed by atoms with van der Waals surface area (Å²) in [5.41, 5.74) is 4.11. The van der Waals surface area contributed by atoms with Crippen molar-refractivity contribution in [1.82, 2.24) is 15.0 Å². The quantitative estimate of drug-likeness (QED) is 0.553. The van der Waals surface area contributed by atoms with Crippen LogP contribution in [0.3, 0.4) is 0 Å². The Bertz CT molecular complexity index is 1110. The second-order valence-corrected chi connectivity index (χ2v) is 7.60. The van der Waals surface area contributed by atoms with E-state index in [1.807, 2.05) is 11.4 Å². The number of nitrogens with one attached hydrogen (secondary N) is 1. The van der Waals surface area contributed by atoms with Crippen LogP contribution in [-0.4, -0.2) is 15.0 Å². The number of benzene rings is 1. The average molecular weight is 353 g/mol. The van der Waals surface area contributed by atoms with Crippen molar-refractivity contribution < 1.29 is 0 Å². The molecule has 4 nitrogen and oxygen atoms in total. The number of hydrogen-bond acceptors (Lipinski definition) is 5. The number of fused-ring (bicyclic) bond motifs is 2. The molecule has 3 aromatic heterocycles. The fourth-order valence-corrected chi connectivity index (χ4v) is 4.30. The third kappa shape index (κ3) is 2.72. The van der Waals surface area contributed by atoms with Crippen molar-refractivity contribution in [3.63, 3.8) is 0 Å². The van der Waals surface area contributed by atoms with Gasteiger partial charge in [-0.15, -0.1) is 11.3 Å². The van der Waals surface area contributed by atoms with E-state index < -0.39 is 0 Å². The standard InChI is InChI=1S/C18H15N3OS2/c1-10-4-3-5-12-11(2)8-15(21-16(10)12)24-9-14-19-13-6-7-23-17(13)18(22)20-14/h3-8H,9H2,1-2H3,(H,19,20,22). The molecule has 0 atom stereocenters. The van der Waals surface area contributed by atoms with Crippen molar-refractivity contribution in [3.05, 3.63) is 63.0 Å². The van der Waals surface area contributed by atoms with Gasteiger partial charge in [0.2, 0.25) is 0 Å². The fourth-order valence-electron chi connectivity index (χ4n) is 2.74. The van der Waals surface area contributed by atoms with E-state index in [-0.39, 0.29) is 5.56 Å². The molecule has 0 amide bonds. The first-order chi connectivity index (χ1) is 11.6. The fraction of sp³-hybridized carbons (Fsp3) is 0.167. The van der Waals surface area contributed by atoms with Crippen molar-refractivity contribution in [3.8, 4) is 0 Å². The molecule has 0 aliphatic rings. The number of aromatic amines is 1. The van der Waals surface area contributed by atoms with E-state index in [2.05, 4.69) is 48.1 Å². The van der Waals surface area contributed by atoms with Gasteiger partial charge in [-0.25, -0.2) is 9.97 Å². The molecule has 24 heavy (non-hydrogen) atoms. The van der Waals surface area contributed by atoms with Gasteiger partial charge in [0, 0.05) is 5.39 Å². The molecule has 4 aromatic rings. The maximum absolute atomic E-state index is 12.0. The monoisotopic (exact) mass is 353 g/mol. The molecule has 1 N–H and O–H groups in total. The van der Waals surface area contributed by atoms with Crippen molar-refractivity contribution in [1.29, 1.82) is 0 Å². The van der Waals surface area contributed by atoms with E-state index in [9.17, 15) is 4.79 Å². The molecule has 0 fully saturated rings. The number of thioether (sulfide) groups is 1. The normalized spacial score (nSPS) is 11.4. The van der Waals surface area contributed by atoms with Gasteiger partial charge in [0.05, 0.1) is 21.8 Å². The summed E-state index contributed by atoms with van der Waals surface area (Å²) in [5, 5.41) is 4.02. The van der Waals surface area contributed by atoms with Gasteiger partial charge < -0.3 is 4.98 Å². The summed E-state index contributed by atoms with van der Waals surface area (Å²) in [7, 11) is 0. The summed E-state index contributed by atoms with van der Waals surface area (Å²) >= 11 is 3.01. The minimum Gasteiger partial charge on any atom is -0.309 e. The van der Waals surface area contributed by atoms with Crippen LogP contribution >= 0.6 is 23.1 Å². The van der Waals surface area contributed by atoms with E-state index in [0.29, 0.717) is 16.3 Å². The number of aryl methyl sites for hydroxylation is 2. The Kier molecular flexibility index (Phi) is 3.86. The van der Waals surface area contributed by atoms with Crippen LogP contribution in [0.2, 0.25) is 0 Å². The number of rotatable bonds is 3. The number of hydrogen-bond donors (Lipinski definition) is 1. The van der Waals surface area contributed by atoms with Crippen LogP contribution in [0.25, 0.3) is 21.1 Å². The molecule has 0 aliphatic heterocycles. The van der Waals surface area contributed by atoms with Gasteiger partial charge in [-0.3, -0.25) is 4.79 Å². The lowest BCUT2D eigenvalue weighted by Gasteiger charge is -2.08. The van der Waals surface area contributed by atoms with Gasteiger partial charge in [0.1, 0.15) is 10.5 Å². The van der Waals surface area contributed by atoms with Crippen LogP contribution in [-0.2, 0) is 5.75 Å². The van der Waals surface area contributed by atoms with Gasteiger partial charge in [0.15, 0.2) is 0 Å². The third-order valence-electron chi connectivity index (χ3n) is 3.95. The Hall–Kier alpha value is -2.18. The number of thiophene rings is 1. The molecular formula is C18H15N3OS2. The highest BCUT2D eigenvalue weighted by atomic mass is 32.2. The molecule has 0 radical (unpaired) electrons. The van der Waals surface area contributed by atoms with E-state index in [4.69, 9.17) is 4.98 Å². The van der Waals surface area contributed by atoms with Crippen molar-refractivity contribution in [2.75, 3.05) is 0 Å². The Labute approximate surface area is 147 Å². The summed E-state index contributed by atoms with van der Waals surface area (Å²) in [6.45, 7) is 4.18. The van der Waals surface area contributed by atoms with Gasteiger partial charge in [-0.2, -0.15) is 0 Å². The molecule has 0 unspecified atom stereocenters. The highest BCUT2D eigenvalue weighted by Gasteiger charge is 2.08. The van der Waals surface area contributed by atoms with Crippen LogP contribution in [0.5, 0.6) is 0 Å². The zero-order valence-electron chi connectivity index (χ0n) is 13.3. The predicted octanol–water partition coefficient (Wildman–Crippen LogP) is 4.44. The van der Waals surface area contributed by atoms with Crippen LogP contribution < -0.4 is 5.56 Å². The summed E-state index contributed by atoms with van der Waals surface area (Å²) < 4.78 is 0.680. The molecule has 1 aromatic carbocycles. The Morgan fingerprint density at radius 1 is 1.17 bits per heavy atom. The molecule has 4 rings (SSSR count). The maximum atomic E-state index is 12.0. The molecule has 0 bridgehead atoms. The second kappa shape index (κ2) is 6.03. The van der Waals surface area contributed by atoms with E-state index in [1.165, 1.54) is 27.8 Å². The van der Waals surface area contributed by atoms with Crippen LogP contribution in [0.15, 0.2) is 45.5 Å². The second-order valence-electron chi connectivity index (χ2n) is 5.68. The first-order valence-corrected chi connectivity index (χ1v) is 9.44. The van der Waals surface area contributed by atoms with Crippen molar-refractivity contribution in [2.45, 2.75) is 24.6 Å². The van der Waals surface area contributed by atoms with Gasteiger partial charge in [-0.1, -0.05) is 30.0 Å². The Morgan fingerprint density at radius 2 is 2.04 bits per heavy atom. The number of aromatic nitrogens is 3. The van der Waals surface area contributed by atoms with Crippen LogP contribution in [0.4, 0.5) is 0 Å². The lowest BCUT2D eigenvalue weighted by atomic mass is 10.1. The van der Waals surface area contributed by atoms with E-state index in [1.54, 1.807) is 11.8 Å². The predicted molar refractivity (Wildman–Crippen MR) is 101 cm³/mol. The van der Waals surface area contributed by atoms with Crippen molar-refractivity contribution >= 4 is 44.2 Å². The molecule has 0 saturated carbocycles. The van der Waals surface area contributed by atoms with Crippen LogP contribution in [0, 0.1) is 13.8 Å². The Morgan fingerprint density at radius 3 is 2.92 bits per heavy atom. The number of nitrogens with zero attached hydrogens (tertiary/aromatic N) is 2. The SMILES string of the molecule is Cc1cc(SCc2nc3ccsc3c(=O)[nH]2)nc2c(C)cccc12. The minimum absolute atomic E-state index is 0.0657. The van der Waals surface area contributed by atoms with Crippen LogP contribution in [0.1, 0.15) is 17.0 Å². The average Bonchev–Trinajstić information content (AvgIpc) is 3.03. The molecule has 120 valence electrons. The molecule has 6 heteroatoms. The first-order valence-electron chi connectivity index (χ1n) is 7.58. The number of H-pyrrole nitrogens is 1. The number of pyridine rings is 1. The topological polar surface area (TPSA) is 58.6 Å². The summed E-state index contributed by atoms with van der Waals surface area (Å²) in [5.74, 6) is 1.27. The zero-order chi connectivity index (χ0) is 16.7. The molecule has 0 spiro atoms. The summed E-state index contributed by atoms with van der Waals surface area (Å²) in [4.78, 5) is 24.2. The summed E-state index contributed by atoms with van der Waals surface area (Å²) in [6.07, 6.45) is 0. The highest BCUT2D eigenvalue weighted by molar-refractivity contribution is 7.98. The number of para-hydroxylation sites is 1. The highest BCUT2D eigenvalue weighted by Crippen LogP contribution is 2.27. The zero-order valence-corrected chi connectivity index (χ0v) is 14.9. The lowest BCUT2D eigenvalue weighted by molar-refractivity contribution is 1.04. The lowest BCUT2D eigenvalue weighted by Crippen LogP contribution is -2.09. The first kappa shape index (κ1) is 15.4. The Balaban J connectivity index is 1.66. The molecular weight excluding hydrogens is 338 g/mol. The van der Waals surface area contributed by atoms with Gasteiger partial charge in [0.25, 0.3) is 5.56 Å². The molecule has 0 saturated heterocycles. The largest absolute Gasteiger partial charge is 0.309 e. The third-order valence-corrected chi connectivity index (χ3v) is 5.77. The maximum Gasteiger partial charge on any atom is 0.268 e. The summed E-state index contributed by atoms with van der Waals surface area (Å²) in [6, 6.07) is 10.2. The van der Waals surface area contributed by atoms with Gasteiger partial charge in [-0.05, 0) is 42.5 Å². The molecule has 3 heterocycles. The van der Waals surface area contributed by atoms with E-state index in [0.717, 1.165) is 16.1 Å². The van der Waals surface area contributed by atoms with Gasteiger partial charge >= 0.3 is 0 Å². The minimum atomic E-state index is -0.0657.